The Morgan fingerprint density at radius 1 is 0.818 bits per heavy atom. The third-order valence-electron chi connectivity index (χ3n) is 2.60. The van der Waals surface area contributed by atoms with Crippen molar-refractivity contribution in [2.75, 3.05) is 25.1 Å². The fourth-order valence-electron chi connectivity index (χ4n) is 1.75. The zero-order valence-electron chi connectivity index (χ0n) is 12.0. The summed E-state index contributed by atoms with van der Waals surface area (Å²) in [6.45, 7) is 2.23. The molecule has 1 aliphatic heterocycles. The Balaban J connectivity index is 0.000000211. The Morgan fingerprint density at radius 3 is 1.68 bits per heavy atom. The van der Waals surface area contributed by atoms with E-state index in [0.29, 0.717) is 0 Å². The van der Waals surface area contributed by atoms with Crippen LogP contribution in [0.1, 0.15) is 12.8 Å². The molecule has 9 heteroatoms. The average Bonchev–Trinajstić information content (AvgIpc) is 3.04. The van der Waals surface area contributed by atoms with Gasteiger partial charge in [0.25, 0.3) is 0 Å². The highest BCUT2D eigenvalue weighted by molar-refractivity contribution is 9.11. The van der Waals surface area contributed by atoms with Gasteiger partial charge in [-0.1, -0.05) is 0 Å². The summed E-state index contributed by atoms with van der Waals surface area (Å²) in [5, 5.41) is 7.00. The zero-order chi connectivity index (χ0) is 16.4. The normalized spacial score (nSPS) is 12.9. The number of hydrogen-bond donors (Lipinski definition) is 1. The van der Waals surface area contributed by atoms with Crippen LogP contribution < -0.4 is 4.90 Å². The molecule has 0 atom stereocenters. The van der Waals surface area contributed by atoms with Gasteiger partial charge < -0.3 is 10.0 Å². The van der Waals surface area contributed by atoms with E-state index in [0.717, 1.165) is 39.8 Å². The Morgan fingerprint density at radius 2 is 1.27 bits per heavy atom. The van der Waals surface area contributed by atoms with Gasteiger partial charge in [0.2, 0.25) is 0 Å². The molecule has 0 spiro atoms. The standard InChI is InChI=1S/C8H10BrN3.C4H2Br2N2.CH4O/c9-7-5-10-6-8(11-7)12-3-1-2-4-12;5-3-1-7-2-4(6)8-3;1-2/h5-6H,1-4H2;1-2H;2H,1H3. The SMILES string of the molecule is Brc1cncc(Br)n1.Brc1cncc(N2CCCC2)n1.CO. The van der Waals surface area contributed by atoms with Crippen LogP contribution in [-0.4, -0.2) is 45.2 Å². The van der Waals surface area contributed by atoms with E-state index in [9.17, 15) is 0 Å². The fraction of sp³-hybridized carbons (Fsp3) is 0.385. The number of rotatable bonds is 1. The minimum absolute atomic E-state index is 0.742. The molecule has 2 aromatic rings. The smallest absolute Gasteiger partial charge is 0.148 e. The van der Waals surface area contributed by atoms with E-state index in [1.807, 2.05) is 6.20 Å². The van der Waals surface area contributed by atoms with Gasteiger partial charge in [-0.15, -0.1) is 0 Å². The molecular formula is C13H16Br3N5O. The highest BCUT2D eigenvalue weighted by Gasteiger charge is 2.13. The maximum atomic E-state index is 7.00. The zero-order valence-corrected chi connectivity index (χ0v) is 16.7. The second kappa shape index (κ2) is 11.0. The van der Waals surface area contributed by atoms with Crippen molar-refractivity contribution < 1.29 is 5.11 Å². The van der Waals surface area contributed by atoms with Crippen molar-refractivity contribution in [2.45, 2.75) is 12.8 Å². The van der Waals surface area contributed by atoms with Gasteiger partial charge in [-0.3, -0.25) is 9.97 Å². The van der Waals surface area contributed by atoms with Crippen LogP contribution in [0, 0.1) is 0 Å². The van der Waals surface area contributed by atoms with E-state index in [1.54, 1.807) is 18.6 Å². The summed E-state index contributed by atoms with van der Waals surface area (Å²) in [5.41, 5.74) is 0. The van der Waals surface area contributed by atoms with Gasteiger partial charge in [0.15, 0.2) is 0 Å². The first kappa shape index (κ1) is 19.4. The van der Waals surface area contributed by atoms with Crippen LogP contribution in [0.5, 0.6) is 0 Å². The van der Waals surface area contributed by atoms with Crippen molar-refractivity contribution in [2.24, 2.45) is 0 Å². The lowest BCUT2D eigenvalue weighted by atomic mass is 10.4. The molecule has 1 N–H and O–H groups in total. The molecule has 3 rings (SSSR count). The molecule has 2 aromatic heterocycles. The largest absolute Gasteiger partial charge is 0.400 e. The topological polar surface area (TPSA) is 75.0 Å². The van der Waals surface area contributed by atoms with Crippen LogP contribution in [0.15, 0.2) is 38.6 Å². The summed E-state index contributed by atoms with van der Waals surface area (Å²) in [7, 11) is 1.00. The number of hydrogen-bond acceptors (Lipinski definition) is 6. The van der Waals surface area contributed by atoms with Crippen LogP contribution in [0.2, 0.25) is 0 Å². The molecule has 0 unspecified atom stereocenters. The lowest BCUT2D eigenvalue weighted by Crippen LogP contribution is -2.19. The first-order valence-electron chi connectivity index (χ1n) is 6.45. The van der Waals surface area contributed by atoms with E-state index in [2.05, 4.69) is 72.6 Å². The van der Waals surface area contributed by atoms with Gasteiger partial charge in [-0.25, -0.2) is 9.97 Å². The van der Waals surface area contributed by atoms with Gasteiger partial charge >= 0.3 is 0 Å². The quantitative estimate of drug-likeness (QED) is 0.650. The first-order chi connectivity index (χ1) is 10.6. The molecule has 22 heavy (non-hydrogen) atoms. The van der Waals surface area contributed by atoms with Crippen molar-refractivity contribution >= 4 is 53.6 Å². The maximum absolute atomic E-state index is 7.00. The third-order valence-corrected chi connectivity index (χ3v) is 3.74. The number of aliphatic hydroxyl groups is 1. The van der Waals surface area contributed by atoms with Crippen LogP contribution in [0.25, 0.3) is 0 Å². The van der Waals surface area contributed by atoms with Crippen LogP contribution in [-0.2, 0) is 0 Å². The van der Waals surface area contributed by atoms with Gasteiger partial charge in [0.1, 0.15) is 19.6 Å². The van der Waals surface area contributed by atoms with Crippen molar-refractivity contribution in [3.8, 4) is 0 Å². The molecule has 0 radical (unpaired) electrons. The highest BCUT2D eigenvalue weighted by atomic mass is 79.9. The minimum Gasteiger partial charge on any atom is -0.400 e. The number of nitrogens with zero attached hydrogens (tertiary/aromatic N) is 5. The molecule has 0 aliphatic carbocycles. The summed E-state index contributed by atoms with van der Waals surface area (Å²) >= 11 is 9.63. The average molecular weight is 498 g/mol. The maximum Gasteiger partial charge on any atom is 0.148 e. The second-order valence-electron chi connectivity index (χ2n) is 4.06. The van der Waals surface area contributed by atoms with Crippen LogP contribution >= 0.6 is 47.8 Å². The van der Waals surface area contributed by atoms with E-state index in [4.69, 9.17) is 5.11 Å². The molecule has 1 saturated heterocycles. The van der Waals surface area contributed by atoms with Crippen molar-refractivity contribution in [3.63, 3.8) is 0 Å². The molecule has 1 aliphatic rings. The molecule has 0 aromatic carbocycles. The monoisotopic (exact) mass is 495 g/mol. The fourth-order valence-corrected chi connectivity index (χ4v) is 2.91. The third kappa shape index (κ3) is 7.08. The molecule has 0 bridgehead atoms. The van der Waals surface area contributed by atoms with Gasteiger partial charge in [0, 0.05) is 20.2 Å². The summed E-state index contributed by atoms with van der Waals surface area (Å²) in [4.78, 5) is 18.4. The summed E-state index contributed by atoms with van der Waals surface area (Å²) < 4.78 is 2.30. The van der Waals surface area contributed by atoms with E-state index in [-0.39, 0.29) is 0 Å². The first-order valence-corrected chi connectivity index (χ1v) is 8.83. The van der Waals surface area contributed by atoms with Crippen molar-refractivity contribution in [3.05, 3.63) is 38.6 Å². The van der Waals surface area contributed by atoms with E-state index < -0.39 is 0 Å². The lowest BCUT2D eigenvalue weighted by molar-refractivity contribution is 0.399. The Bertz CT molecular complexity index is 550. The summed E-state index contributed by atoms with van der Waals surface area (Å²) in [5.74, 6) is 0.988. The predicted molar refractivity (Wildman–Crippen MR) is 96.8 cm³/mol. The van der Waals surface area contributed by atoms with Crippen molar-refractivity contribution in [1.82, 2.24) is 19.9 Å². The summed E-state index contributed by atoms with van der Waals surface area (Å²) in [6, 6.07) is 0. The van der Waals surface area contributed by atoms with Crippen LogP contribution in [0.3, 0.4) is 0 Å². The highest BCUT2D eigenvalue weighted by Crippen LogP contribution is 2.18. The Hall–Kier alpha value is -0.640. The second-order valence-corrected chi connectivity index (χ2v) is 6.50. The Labute approximate surface area is 154 Å². The van der Waals surface area contributed by atoms with Gasteiger partial charge in [0.05, 0.1) is 24.8 Å². The van der Waals surface area contributed by atoms with Crippen LogP contribution in [0.4, 0.5) is 5.82 Å². The molecular weight excluding hydrogens is 482 g/mol. The number of halogens is 3. The minimum atomic E-state index is 0.742. The molecule has 120 valence electrons. The number of aromatic nitrogens is 4. The van der Waals surface area contributed by atoms with E-state index >= 15 is 0 Å². The molecule has 3 heterocycles. The molecule has 0 saturated carbocycles. The number of anilines is 1. The van der Waals surface area contributed by atoms with Crippen molar-refractivity contribution in [1.29, 1.82) is 0 Å². The number of aliphatic hydroxyl groups excluding tert-OH is 1. The molecule has 0 amide bonds. The van der Waals surface area contributed by atoms with Gasteiger partial charge in [-0.05, 0) is 60.6 Å². The Kier molecular flexibility index (Phi) is 9.69. The van der Waals surface area contributed by atoms with Gasteiger partial charge in [-0.2, -0.15) is 0 Å². The predicted octanol–water partition coefficient (Wildman–Crippen LogP) is 3.45. The molecule has 1 fully saturated rings. The molecule has 6 nitrogen and oxygen atoms in total. The van der Waals surface area contributed by atoms with E-state index in [1.165, 1.54) is 12.8 Å². The summed E-state index contributed by atoms with van der Waals surface area (Å²) in [6.07, 6.45) is 9.33. The lowest BCUT2D eigenvalue weighted by Gasteiger charge is -2.15.